The zero-order valence-electron chi connectivity index (χ0n) is 23.5. The average Bonchev–Trinajstić information content (AvgIpc) is 2.88. The van der Waals surface area contributed by atoms with Crippen molar-refractivity contribution in [2.45, 2.75) is 110 Å². The van der Waals surface area contributed by atoms with Gasteiger partial charge in [-0.3, -0.25) is 0 Å². The molecule has 0 saturated heterocycles. The van der Waals surface area contributed by atoms with Crippen molar-refractivity contribution in [3.63, 3.8) is 0 Å². The zero-order chi connectivity index (χ0) is 26.4. The van der Waals surface area contributed by atoms with E-state index in [2.05, 4.69) is 6.92 Å². The Kier molecular flexibility index (Phi) is 29.0. The van der Waals surface area contributed by atoms with Gasteiger partial charge in [-0.05, 0) is 11.2 Å². The van der Waals surface area contributed by atoms with E-state index < -0.39 is 0 Å². The molecule has 0 bridgehead atoms. The number of hydroxylamine groups is 4. The molecule has 0 aliphatic carbocycles. The maximum absolute atomic E-state index is 9.61. The normalized spacial score (nSPS) is 12.0. The molecule has 0 amide bonds. The molecule has 8 heteroatoms. The highest BCUT2D eigenvalue weighted by molar-refractivity contribution is 4.50. The highest BCUT2D eigenvalue weighted by Crippen LogP contribution is 2.16. The number of hydrogen-bond acceptors (Lipinski definition) is 7. The molecule has 0 radical (unpaired) electrons. The van der Waals surface area contributed by atoms with E-state index in [4.69, 9.17) is 29.4 Å². The lowest BCUT2D eigenvalue weighted by Crippen LogP contribution is -2.51. The highest BCUT2D eigenvalue weighted by atomic mass is 17.0. The number of unbranched alkanes of at least 4 members (excludes halogenated alkanes) is 15. The Balaban J connectivity index is 3.98. The van der Waals surface area contributed by atoms with E-state index in [0.717, 1.165) is 12.8 Å². The first kappa shape index (κ1) is 35.7. The number of ether oxygens (including phenoxy) is 2. The van der Waals surface area contributed by atoms with Crippen LogP contribution in [0.2, 0.25) is 0 Å². The quantitative estimate of drug-likeness (QED) is 0.0674. The summed E-state index contributed by atoms with van der Waals surface area (Å²) in [4.78, 5) is 11.9. The van der Waals surface area contributed by atoms with Crippen LogP contribution in [0.4, 0.5) is 0 Å². The van der Waals surface area contributed by atoms with Crippen molar-refractivity contribution >= 4 is 0 Å². The van der Waals surface area contributed by atoms with Gasteiger partial charge in [-0.2, -0.15) is 9.68 Å². The van der Waals surface area contributed by atoms with Crippen LogP contribution < -0.4 is 0 Å². The number of quaternary nitrogens is 1. The van der Waals surface area contributed by atoms with Gasteiger partial charge < -0.3 is 24.8 Å². The van der Waals surface area contributed by atoms with Crippen molar-refractivity contribution in [1.29, 1.82) is 0 Å². The minimum Gasteiger partial charge on any atom is -0.394 e. The lowest BCUT2D eigenvalue weighted by atomic mass is 10.0. The van der Waals surface area contributed by atoms with Crippen molar-refractivity contribution < 1.29 is 39.3 Å². The first-order chi connectivity index (χ1) is 17.7. The van der Waals surface area contributed by atoms with Crippen LogP contribution in [0.25, 0.3) is 0 Å². The van der Waals surface area contributed by atoms with Gasteiger partial charge in [-0.1, -0.05) is 96.8 Å². The molecule has 0 aromatic heterocycles. The third-order valence-electron chi connectivity index (χ3n) is 6.37. The summed E-state index contributed by atoms with van der Waals surface area (Å²) in [7, 11) is 0. The lowest BCUT2D eigenvalue weighted by Gasteiger charge is -2.32. The molecule has 0 rings (SSSR count). The van der Waals surface area contributed by atoms with Gasteiger partial charge in [-0.25, -0.2) is 0 Å². The SMILES string of the molecule is CCCCCCCCCCCCCCCCCC[N+](CCO)(OCCOCCO)OCCOCCO. The third kappa shape index (κ3) is 24.0. The van der Waals surface area contributed by atoms with Crippen LogP contribution in [-0.4, -0.2) is 92.7 Å². The van der Waals surface area contributed by atoms with Gasteiger partial charge >= 0.3 is 0 Å². The van der Waals surface area contributed by atoms with Gasteiger partial charge in [0.1, 0.15) is 19.8 Å². The second-order valence-electron chi connectivity index (χ2n) is 9.63. The van der Waals surface area contributed by atoms with Crippen molar-refractivity contribution in [2.75, 3.05) is 72.6 Å². The fraction of sp³-hybridized carbons (Fsp3) is 1.00. The average molecular weight is 523 g/mol. The van der Waals surface area contributed by atoms with Crippen LogP contribution in [0.15, 0.2) is 0 Å². The second-order valence-corrected chi connectivity index (χ2v) is 9.63. The molecule has 0 aromatic carbocycles. The Morgan fingerprint density at radius 3 is 1.17 bits per heavy atom. The summed E-state index contributed by atoms with van der Waals surface area (Å²) >= 11 is 0. The molecule has 218 valence electrons. The summed E-state index contributed by atoms with van der Waals surface area (Å²) < 4.78 is 10.6. The van der Waals surface area contributed by atoms with Crippen molar-refractivity contribution in [1.82, 2.24) is 0 Å². The Morgan fingerprint density at radius 2 is 0.806 bits per heavy atom. The predicted octanol–water partition coefficient (Wildman–Crippen LogP) is 4.94. The Morgan fingerprint density at radius 1 is 0.417 bits per heavy atom. The van der Waals surface area contributed by atoms with Gasteiger partial charge in [0.25, 0.3) is 0 Å². The van der Waals surface area contributed by atoms with Gasteiger partial charge in [0, 0.05) is 6.42 Å². The summed E-state index contributed by atoms with van der Waals surface area (Å²) in [6.45, 7) is 5.07. The number of rotatable bonds is 31. The third-order valence-corrected chi connectivity index (χ3v) is 6.37. The van der Waals surface area contributed by atoms with Crippen LogP contribution in [0.3, 0.4) is 0 Å². The maximum Gasteiger partial charge on any atom is 0.165 e. The fourth-order valence-corrected chi connectivity index (χ4v) is 4.32. The van der Waals surface area contributed by atoms with Gasteiger partial charge in [-0.15, -0.1) is 0 Å². The zero-order valence-corrected chi connectivity index (χ0v) is 23.5. The molecule has 0 fully saturated rings. The molecular weight excluding hydrogens is 462 g/mol. The van der Waals surface area contributed by atoms with E-state index in [-0.39, 0.29) is 37.8 Å². The standard InChI is InChI=1S/C28H60NO7/c1-2-3-4-5-6-7-8-9-10-11-12-13-14-15-16-17-18-29(19-20-30,35-27-25-33-23-21-31)36-28-26-34-24-22-32/h30-32H,2-28H2,1H3/q+1. The topological polar surface area (TPSA) is 97.6 Å². The smallest absolute Gasteiger partial charge is 0.165 e. The first-order valence-electron chi connectivity index (χ1n) is 14.9. The minimum atomic E-state index is -0.0833. The Labute approximate surface area is 221 Å². The second kappa shape index (κ2) is 29.2. The van der Waals surface area contributed by atoms with Crippen LogP contribution in [-0.2, 0) is 19.1 Å². The van der Waals surface area contributed by atoms with E-state index >= 15 is 0 Å². The maximum atomic E-state index is 9.61. The number of nitrogens with zero attached hydrogens (tertiary/aromatic N) is 1. The van der Waals surface area contributed by atoms with Gasteiger partial charge in [0.15, 0.2) is 6.54 Å². The minimum absolute atomic E-state index is 0.0193. The van der Waals surface area contributed by atoms with Crippen molar-refractivity contribution in [3.05, 3.63) is 0 Å². The molecule has 36 heavy (non-hydrogen) atoms. The number of hydrogen-bond donors (Lipinski definition) is 3. The van der Waals surface area contributed by atoms with Gasteiger partial charge in [0.05, 0.1) is 46.2 Å². The largest absolute Gasteiger partial charge is 0.394 e. The van der Waals surface area contributed by atoms with E-state index in [1.54, 1.807) is 0 Å². The Hall–Kier alpha value is -0.320. The van der Waals surface area contributed by atoms with Crippen molar-refractivity contribution in [3.8, 4) is 0 Å². The fourth-order valence-electron chi connectivity index (χ4n) is 4.32. The molecule has 8 nitrogen and oxygen atoms in total. The first-order valence-corrected chi connectivity index (χ1v) is 14.9. The molecule has 0 aliphatic heterocycles. The van der Waals surface area contributed by atoms with Crippen molar-refractivity contribution in [2.24, 2.45) is 0 Å². The van der Waals surface area contributed by atoms with Crippen LogP contribution >= 0.6 is 0 Å². The van der Waals surface area contributed by atoms with E-state index in [0.29, 0.717) is 39.5 Å². The molecule has 0 aliphatic rings. The summed E-state index contributed by atoms with van der Waals surface area (Å²) in [6, 6.07) is 0. The molecular formula is C28H60NO7+. The van der Waals surface area contributed by atoms with Crippen LogP contribution in [0.5, 0.6) is 0 Å². The molecule has 3 N–H and O–H groups in total. The lowest BCUT2D eigenvalue weighted by molar-refractivity contribution is -1.25. The van der Waals surface area contributed by atoms with Crippen LogP contribution in [0.1, 0.15) is 110 Å². The molecule has 0 heterocycles. The summed E-state index contributed by atoms with van der Waals surface area (Å²) in [5.41, 5.74) is 0. The Bertz CT molecular complexity index is 401. The summed E-state index contributed by atoms with van der Waals surface area (Å²) in [5, 5.41) is 27.3. The molecule has 0 spiro atoms. The highest BCUT2D eigenvalue weighted by Gasteiger charge is 2.31. The molecule has 0 atom stereocenters. The molecule has 0 unspecified atom stereocenters. The van der Waals surface area contributed by atoms with E-state index in [9.17, 15) is 5.11 Å². The molecule has 0 saturated carbocycles. The predicted molar refractivity (Wildman–Crippen MR) is 144 cm³/mol. The number of aliphatic hydroxyl groups is 3. The summed E-state index contributed by atoms with van der Waals surface area (Å²) in [5.74, 6) is 0. The van der Waals surface area contributed by atoms with E-state index in [1.165, 1.54) is 89.9 Å². The van der Waals surface area contributed by atoms with Gasteiger partial charge in [0.2, 0.25) is 0 Å². The molecule has 0 aromatic rings. The monoisotopic (exact) mass is 522 g/mol. The summed E-state index contributed by atoms with van der Waals surface area (Å²) in [6.07, 6.45) is 21.1. The van der Waals surface area contributed by atoms with E-state index in [1.807, 2.05) is 0 Å². The van der Waals surface area contributed by atoms with Crippen LogP contribution in [0, 0.1) is 0 Å². The number of aliphatic hydroxyl groups excluding tert-OH is 3.